The number of aromatic nitrogens is 3. The second kappa shape index (κ2) is 5.86. The van der Waals surface area contributed by atoms with Crippen LogP contribution in [0.15, 0.2) is 17.1 Å². The van der Waals surface area contributed by atoms with Crippen molar-refractivity contribution in [2.24, 2.45) is 0 Å². The van der Waals surface area contributed by atoms with Gasteiger partial charge < -0.3 is 10.0 Å². The number of carboxylic acids is 1. The lowest BCUT2D eigenvalue weighted by molar-refractivity contribution is -0.151. The van der Waals surface area contributed by atoms with Gasteiger partial charge in [0.2, 0.25) is 5.91 Å². The van der Waals surface area contributed by atoms with Gasteiger partial charge in [0.05, 0.1) is 6.42 Å². The zero-order valence-corrected chi connectivity index (χ0v) is 12.8. The van der Waals surface area contributed by atoms with Crippen LogP contribution in [0.3, 0.4) is 0 Å². The van der Waals surface area contributed by atoms with Gasteiger partial charge in [0.15, 0.2) is 5.65 Å². The molecule has 0 aliphatic carbocycles. The maximum Gasteiger partial charge on any atom is 0.326 e. The number of nitrogens with one attached hydrogen (secondary N) is 1. The first-order valence-corrected chi connectivity index (χ1v) is 7.57. The van der Waals surface area contributed by atoms with Crippen molar-refractivity contribution >= 4 is 17.5 Å². The average molecular weight is 318 g/mol. The Kier molecular flexibility index (Phi) is 3.89. The molecular weight excluding hydrogens is 300 g/mol. The van der Waals surface area contributed by atoms with Gasteiger partial charge in [-0.05, 0) is 26.2 Å². The third-order valence-electron chi connectivity index (χ3n) is 4.28. The highest BCUT2D eigenvalue weighted by Gasteiger charge is 2.32. The van der Waals surface area contributed by atoms with Crippen molar-refractivity contribution in [2.45, 2.75) is 38.6 Å². The summed E-state index contributed by atoms with van der Waals surface area (Å²) in [6.07, 6.45) is 3.48. The van der Waals surface area contributed by atoms with Crippen molar-refractivity contribution in [2.75, 3.05) is 6.54 Å². The van der Waals surface area contributed by atoms with Crippen molar-refractivity contribution in [3.8, 4) is 0 Å². The molecule has 1 unspecified atom stereocenters. The quantitative estimate of drug-likeness (QED) is 0.848. The van der Waals surface area contributed by atoms with E-state index in [1.54, 1.807) is 19.2 Å². The molecule has 1 fully saturated rings. The molecule has 3 rings (SSSR count). The number of H-pyrrole nitrogens is 1. The van der Waals surface area contributed by atoms with Gasteiger partial charge in [0, 0.05) is 30.1 Å². The first kappa shape index (κ1) is 15.3. The summed E-state index contributed by atoms with van der Waals surface area (Å²) in [5.41, 5.74) is 0.955. The normalized spacial score (nSPS) is 18.3. The highest BCUT2D eigenvalue weighted by molar-refractivity contribution is 5.85. The SMILES string of the molecule is Cc1nc2cc[nH]n2c(=O)c1CC(=O)N1CCCCC1C(=O)O. The van der Waals surface area contributed by atoms with Crippen molar-refractivity contribution in [1.29, 1.82) is 0 Å². The molecule has 1 aliphatic heterocycles. The summed E-state index contributed by atoms with van der Waals surface area (Å²) in [6, 6.07) is 0.868. The lowest BCUT2D eigenvalue weighted by atomic mass is 10.0. The van der Waals surface area contributed by atoms with E-state index in [4.69, 9.17) is 0 Å². The van der Waals surface area contributed by atoms with E-state index in [1.807, 2.05) is 0 Å². The third kappa shape index (κ3) is 2.71. The number of carbonyl (C=O) groups excluding carboxylic acids is 1. The van der Waals surface area contributed by atoms with Gasteiger partial charge >= 0.3 is 5.97 Å². The predicted molar refractivity (Wildman–Crippen MR) is 81.2 cm³/mol. The smallest absolute Gasteiger partial charge is 0.326 e. The second-order valence-corrected chi connectivity index (χ2v) is 5.75. The van der Waals surface area contributed by atoms with E-state index >= 15 is 0 Å². The first-order valence-electron chi connectivity index (χ1n) is 7.57. The van der Waals surface area contributed by atoms with Gasteiger partial charge in [0.25, 0.3) is 5.56 Å². The van der Waals surface area contributed by atoms with E-state index in [0.29, 0.717) is 29.9 Å². The van der Waals surface area contributed by atoms with Crippen LogP contribution in [-0.2, 0) is 16.0 Å². The topological polar surface area (TPSA) is 108 Å². The van der Waals surface area contributed by atoms with E-state index < -0.39 is 12.0 Å². The first-order chi connectivity index (χ1) is 11.0. The van der Waals surface area contributed by atoms with Gasteiger partial charge in [-0.15, -0.1) is 0 Å². The fourth-order valence-electron chi connectivity index (χ4n) is 3.05. The molecule has 0 bridgehead atoms. The monoisotopic (exact) mass is 318 g/mol. The summed E-state index contributed by atoms with van der Waals surface area (Å²) in [6.45, 7) is 2.09. The van der Waals surface area contributed by atoms with Gasteiger partial charge in [-0.25, -0.2) is 14.3 Å². The summed E-state index contributed by atoms with van der Waals surface area (Å²) in [5, 5.41) is 12.0. The number of likely N-dealkylation sites (tertiary alicyclic amines) is 1. The summed E-state index contributed by atoms with van der Waals surface area (Å²) >= 11 is 0. The summed E-state index contributed by atoms with van der Waals surface area (Å²) in [4.78, 5) is 42.0. The van der Waals surface area contributed by atoms with Crippen LogP contribution in [0.5, 0.6) is 0 Å². The molecule has 8 heteroatoms. The molecule has 1 saturated heterocycles. The van der Waals surface area contributed by atoms with Crippen LogP contribution < -0.4 is 5.56 Å². The fraction of sp³-hybridized carbons (Fsp3) is 0.467. The Hall–Kier alpha value is -2.64. The molecule has 8 nitrogen and oxygen atoms in total. The highest BCUT2D eigenvalue weighted by atomic mass is 16.4. The largest absolute Gasteiger partial charge is 0.480 e. The zero-order chi connectivity index (χ0) is 16.6. The molecule has 23 heavy (non-hydrogen) atoms. The van der Waals surface area contributed by atoms with Crippen LogP contribution in [-0.4, -0.2) is 49.1 Å². The summed E-state index contributed by atoms with van der Waals surface area (Å²) < 4.78 is 1.28. The number of aromatic amines is 1. The van der Waals surface area contributed by atoms with E-state index in [0.717, 1.165) is 12.8 Å². The number of carbonyl (C=O) groups is 2. The van der Waals surface area contributed by atoms with Crippen LogP contribution in [0.25, 0.3) is 5.65 Å². The number of hydrogen-bond acceptors (Lipinski definition) is 4. The van der Waals surface area contributed by atoms with E-state index in [-0.39, 0.29) is 17.9 Å². The Morgan fingerprint density at radius 2 is 2.22 bits per heavy atom. The van der Waals surface area contributed by atoms with Crippen LogP contribution in [0.1, 0.15) is 30.5 Å². The molecule has 1 aliphatic rings. The molecule has 0 radical (unpaired) electrons. The fourth-order valence-corrected chi connectivity index (χ4v) is 3.05. The molecule has 0 saturated carbocycles. The molecule has 2 N–H and O–H groups in total. The molecule has 0 spiro atoms. The number of aliphatic carboxylic acids is 1. The molecule has 1 atom stereocenters. The predicted octanol–water partition coefficient (Wildman–Crippen LogP) is 0.339. The Bertz CT molecular complexity index is 822. The number of rotatable bonds is 3. The lowest BCUT2D eigenvalue weighted by Crippen LogP contribution is -2.49. The van der Waals surface area contributed by atoms with Gasteiger partial charge in [0.1, 0.15) is 6.04 Å². The minimum atomic E-state index is -0.996. The molecule has 1 amide bonds. The number of carboxylic acid groups (broad SMARTS) is 1. The highest BCUT2D eigenvalue weighted by Crippen LogP contribution is 2.18. The maximum atomic E-state index is 12.5. The number of fused-ring (bicyclic) bond motifs is 1. The van der Waals surface area contributed by atoms with Gasteiger partial charge in [-0.2, -0.15) is 0 Å². The van der Waals surface area contributed by atoms with Crippen LogP contribution in [0.4, 0.5) is 0 Å². The maximum absolute atomic E-state index is 12.5. The molecular formula is C15H18N4O4. The Labute approximate surface area is 131 Å². The van der Waals surface area contributed by atoms with E-state index in [1.165, 1.54) is 9.42 Å². The van der Waals surface area contributed by atoms with Crippen molar-refractivity contribution in [3.05, 3.63) is 33.9 Å². The van der Waals surface area contributed by atoms with Gasteiger partial charge in [-0.3, -0.25) is 14.7 Å². The number of piperidine rings is 1. The Morgan fingerprint density at radius 1 is 1.43 bits per heavy atom. The number of amides is 1. The number of hydrogen-bond donors (Lipinski definition) is 2. The van der Waals surface area contributed by atoms with Crippen molar-refractivity contribution in [3.63, 3.8) is 0 Å². The average Bonchev–Trinajstić information content (AvgIpc) is 2.99. The van der Waals surface area contributed by atoms with Crippen LogP contribution in [0.2, 0.25) is 0 Å². The number of nitrogens with zero attached hydrogens (tertiary/aromatic N) is 3. The lowest BCUT2D eigenvalue weighted by Gasteiger charge is -2.33. The second-order valence-electron chi connectivity index (χ2n) is 5.75. The number of aryl methyl sites for hydroxylation is 1. The Balaban J connectivity index is 1.90. The van der Waals surface area contributed by atoms with Crippen LogP contribution >= 0.6 is 0 Å². The van der Waals surface area contributed by atoms with Crippen molar-refractivity contribution < 1.29 is 14.7 Å². The molecule has 2 aromatic rings. The summed E-state index contributed by atoms with van der Waals surface area (Å²) in [5.74, 6) is -1.34. The van der Waals surface area contributed by atoms with Gasteiger partial charge in [-0.1, -0.05) is 0 Å². The molecule has 3 heterocycles. The summed E-state index contributed by atoms with van der Waals surface area (Å²) in [7, 11) is 0. The molecule has 122 valence electrons. The molecule has 2 aromatic heterocycles. The van der Waals surface area contributed by atoms with E-state index in [9.17, 15) is 19.5 Å². The van der Waals surface area contributed by atoms with E-state index in [2.05, 4.69) is 10.1 Å². The molecule has 0 aromatic carbocycles. The Morgan fingerprint density at radius 3 is 2.96 bits per heavy atom. The minimum Gasteiger partial charge on any atom is -0.480 e. The standard InChI is InChI=1S/C15H18N4O4/c1-9-10(14(21)19-12(17-9)5-6-16-19)8-13(20)18-7-3-2-4-11(18)15(22)23/h5-6,11,16H,2-4,7-8H2,1H3,(H,22,23). The third-order valence-corrected chi connectivity index (χ3v) is 4.28. The zero-order valence-electron chi connectivity index (χ0n) is 12.8. The van der Waals surface area contributed by atoms with Crippen LogP contribution in [0, 0.1) is 6.92 Å². The van der Waals surface area contributed by atoms with Crippen molar-refractivity contribution in [1.82, 2.24) is 19.5 Å². The minimum absolute atomic E-state index is 0.136.